The molecule has 0 atom stereocenters. The fraction of sp³-hybridized carbons (Fsp3) is 0.926. The quantitative estimate of drug-likeness (QED) is 0.210. The maximum atomic E-state index is 3.98. The highest BCUT2D eigenvalue weighted by molar-refractivity contribution is 4.84. The summed E-state index contributed by atoms with van der Waals surface area (Å²) in [5.41, 5.74) is 0. The second-order valence-electron chi connectivity index (χ2n) is 10.1. The zero-order valence-electron chi connectivity index (χ0n) is 18.7. The first-order valence-corrected chi connectivity index (χ1v) is 12.9. The van der Waals surface area contributed by atoms with E-state index in [4.69, 9.17) is 0 Å². The summed E-state index contributed by atoms with van der Waals surface area (Å²) in [5, 5.41) is 0. The largest absolute Gasteiger partial charge is 0.103 e. The lowest BCUT2D eigenvalue weighted by Gasteiger charge is -2.29. The van der Waals surface area contributed by atoms with Crippen molar-refractivity contribution in [1.82, 2.24) is 0 Å². The zero-order valence-corrected chi connectivity index (χ0v) is 18.7. The number of allylic oxidation sites excluding steroid dienone is 1. The molecule has 0 N–H and O–H groups in total. The van der Waals surface area contributed by atoms with Crippen molar-refractivity contribution < 1.29 is 0 Å². The first-order valence-electron chi connectivity index (χ1n) is 12.9. The van der Waals surface area contributed by atoms with E-state index in [0.29, 0.717) is 0 Å². The average Bonchev–Trinajstić information content (AvgIpc) is 2.72. The third-order valence-corrected chi connectivity index (χ3v) is 7.88. The van der Waals surface area contributed by atoms with Gasteiger partial charge in [-0.2, -0.15) is 0 Å². The van der Waals surface area contributed by atoms with E-state index in [1.54, 1.807) is 25.7 Å². The minimum atomic E-state index is 0.831. The van der Waals surface area contributed by atoms with Crippen LogP contribution in [0.4, 0.5) is 0 Å². The predicted octanol–water partition coefficient (Wildman–Crippen LogP) is 9.49. The Morgan fingerprint density at radius 1 is 0.556 bits per heavy atom. The topological polar surface area (TPSA) is 0 Å². The molecule has 0 heterocycles. The van der Waals surface area contributed by atoms with Crippen molar-refractivity contribution in [3.05, 3.63) is 12.7 Å². The molecule has 0 unspecified atom stereocenters. The van der Waals surface area contributed by atoms with Crippen LogP contribution < -0.4 is 0 Å². The molecule has 27 heavy (non-hydrogen) atoms. The molecule has 2 aliphatic carbocycles. The van der Waals surface area contributed by atoms with E-state index < -0.39 is 0 Å². The van der Waals surface area contributed by atoms with E-state index in [0.717, 1.165) is 23.7 Å². The van der Waals surface area contributed by atoms with Crippen LogP contribution in [0.1, 0.15) is 135 Å². The van der Waals surface area contributed by atoms with Crippen LogP contribution in [-0.2, 0) is 0 Å². The Hall–Kier alpha value is -0.260. The van der Waals surface area contributed by atoms with Crippen LogP contribution in [0.25, 0.3) is 0 Å². The Labute approximate surface area is 172 Å². The van der Waals surface area contributed by atoms with Crippen molar-refractivity contribution in [1.29, 1.82) is 0 Å². The highest BCUT2D eigenvalue weighted by Crippen LogP contribution is 2.36. The van der Waals surface area contributed by atoms with Gasteiger partial charge in [0, 0.05) is 0 Å². The molecule has 0 bridgehead atoms. The molecule has 2 saturated carbocycles. The van der Waals surface area contributed by atoms with Gasteiger partial charge in [0.2, 0.25) is 0 Å². The summed E-state index contributed by atoms with van der Waals surface area (Å²) in [4.78, 5) is 0. The molecule has 0 amide bonds. The molecule has 2 rings (SSSR count). The SMILES string of the molecule is C=CC1CCC(CCCC[C@H]2CC[C@H](CCCCCCCCC)CC2)CC1. The number of hydrogen-bond acceptors (Lipinski definition) is 0. The average molecular weight is 375 g/mol. The summed E-state index contributed by atoms with van der Waals surface area (Å²) in [6.07, 6.45) is 32.0. The van der Waals surface area contributed by atoms with Gasteiger partial charge in [-0.1, -0.05) is 116 Å². The van der Waals surface area contributed by atoms with E-state index in [1.165, 1.54) is 103 Å². The molecule has 0 aromatic carbocycles. The normalized spacial score (nSPS) is 28.9. The fourth-order valence-corrected chi connectivity index (χ4v) is 5.78. The van der Waals surface area contributed by atoms with Crippen LogP contribution in [0.3, 0.4) is 0 Å². The lowest BCUT2D eigenvalue weighted by molar-refractivity contribution is 0.239. The van der Waals surface area contributed by atoms with Gasteiger partial charge in [0.25, 0.3) is 0 Å². The Morgan fingerprint density at radius 3 is 1.37 bits per heavy atom. The minimum Gasteiger partial charge on any atom is -0.103 e. The zero-order chi connectivity index (χ0) is 19.2. The number of rotatable bonds is 14. The number of hydrogen-bond donors (Lipinski definition) is 0. The van der Waals surface area contributed by atoms with Crippen LogP contribution in [0.2, 0.25) is 0 Å². The van der Waals surface area contributed by atoms with E-state index in [9.17, 15) is 0 Å². The lowest BCUT2D eigenvalue weighted by Crippen LogP contribution is -2.15. The Bertz CT molecular complexity index is 341. The first kappa shape index (κ1) is 23.0. The van der Waals surface area contributed by atoms with Gasteiger partial charge in [0.1, 0.15) is 0 Å². The van der Waals surface area contributed by atoms with Crippen molar-refractivity contribution in [2.24, 2.45) is 23.7 Å². The predicted molar refractivity (Wildman–Crippen MR) is 122 cm³/mol. The molecular formula is C27H50. The maximum Gasteiger partial charge on any atom is -0.0236 e. The van der Waals surface area contributed by atoms with Crippen LogP contribution in [0.5, 0.6) is 0 Å². The second kappa shape index (κ2) is 14.7. The van der Waals surface area contributed by atoms with Gasteiger partial charge in [-0.3, -0.25) is 0 Å². The molecule has 0 aromatic rings. The van der Waals surface area contributed by atoms with Crippen LogP contribution in [0, 0.1) is 23.7 Å². The standard InChI is InChI=1S/C27H50/c1-3-5-6-7-8-9-10-13-25-20-22-27(23-21-25)15-12-11-14-26-18-16-24(4-2)17-19-26/h4,24-27H,2-3,5-23H2,1H3/t24?,25-,26?,27-. The van der Waals surface area contributed by atoms with E-state index in [-0.39, 0.29) is 0 Å². The van der Waals surface area contributed by atoms with Crippen LogP contribution in [0.15, 0.2) is 12.7 Å². The van der Waals surface area contributed by atoms with Gasteiger partial charge < -0.3 is 0 Å². The molecule has 158 valence electrons. The maximum absolute atomic E-state index is 3.98. The molecule has 2 fully saturated rings. The van der Waals surface area contributed by atoms with E-state index in [1.807, 2.05) is 0 Å². The first-order chi connectivity index (χ1) is 13.3. The smallest absolute Gasteiger partial charge is 0.0236 e. The van der Waals surface area contributed by atoms with E-state index >= 15 is 0 Å². The monoisotopic (exact) mass is 374 g/mol. The van der Waals surface area contributed by atoms with Gasteiger partial charge in [-0.15, -0.1) is 6.58 Å². The highest BCUT2D eigenvalue weighted by Gasteiger charge is 2.21. The van der Waals surface area contributed by atoms with E-state index in [2.05, 4.69) is 19.6 Å². The van der Waals surface area contributed by atoms with Gasteiger partial charge in [0.15, 0.2) is 0 Å². The second-order valence-corrected chi connectivity index (χ2v) is 10.1. The summed E-state index contributed by atoms with van der Waals surface area (Å²) in [6, 6.07) is 0. The Kier molecular flexibility index (Phi) is 12.5. The van der Waals surface area contributed by atoms with Crippen molar-refractivity contribution in [2.45, 2.75) is 135 Å². The van der Waals surface area contributed by atoms with Crippen molar-refractivity contribution in [3.8, 4) is 0 Å². The van der Waals surface area contributed by atoms with Crippen LogP contribution in [-0.4, -0.2) is 0 Å². The van der Waals surface area contributed by atoms with Crippen molar-refractivity contribution >= 4 is 0 Å². The molecule has 0 aromatic heterocycles. The van der Waals surface area contributed by atoms with Gasteiger partial charge in [-0.25, -0.2) is 0 Å². The van der Waals surface area contributed by atoms with Crippen molar-refractivity contribution in [3.63, 3.8) is 0 Å². The number of unbranched alkanes of at least 4 members (excludes halogenated alkanes) is 7. The van der Waals surface area contributed by atoms with Crippen LogP contribution >= 0.6 is 0 Å². The summed E-state index contributed by atoms with van der Waals surface area (Å²) in [5.74, 6) is 4.03. The summed E-state index contributed by atoms with van der Waals surface area (Å²) in [6.45, 7) is 6.29. The summed E-state index contributed by atoms with van der Waals surface area (Å²) >= 11 is 0. The minimum absolute atomic E-state index is 0.831. The molecule has 0 nitrogen and oxygen atoms in total. The van der Waals surface area contributed by atoms with Gasteiger partial charge in [-0.05, 0) is 49.4 Å². The summed E-state index contributed by atoms with van der Waals surface area (Å²) < 4.78 is 0. The Balaban J connectivity index is 1.39. The lowest BCUT2D eigenvalue weighted by atomic mass is 9.77. The third kappa shape index (κ3) is 10.2. The Morgan fingerprint density at radius 2 is 0.926 bits per heavy atom. The fourth-order valence-electron chi connectivity index (χ4n) is 5.78. The molecule has 0 saturated heterocycles. The molecule has 0 radical (unpaired) electrons. The molecule has 0 heteroatoms. The molecule has 0 spiro atoms. The molecular weight excluding hydrogens is 324 g/mol. The van der Waals surface area contributed by atoms with Crippen molar-refractivity contribution in [2.75, 3.05) is 0 Å². The highest BCUT2D eigenvalue weighted by atomic mass is 14.3. The van der Waals surface area contributed by atoms with Gasteiger partial charge in [0.05, 0.1) is 0 Å². The summed E-state index contributed by atoms with van der Waals surface area (Å²) in [7, 11) is 0. The van der Waals surface area contributed by atoms with Gasteiger partial charge >= 0.3 is 0 Å². The molecule has 0 aliphatic heterocycles. The third-order valence-electron chi connectivity index (χ3n) is 7.88. The molecule has 2 aliphatic rings.